The summed E-state index contributed by atoms with van der Waals surface area (Å²) in [6.45, 7) is 8.70. The van der Waals surface area contributed by atoms with Gasteiger partial charge < -0.3 is 4.57 Å². The average molecular weight is 860 g/mol. The van der Waals surface area contributed by atoms with Crippen LogP contribution >= 0.6 is 0 Å². The lowest BCUT2D eigenvalue weighted by atomic mass is 9.79. The van der Waals surface area contributed by atoms with Gasteiger partial charge in [-0.25, -0.2) is 4.98 Å². The first-order valence-corrected chi connectivity index (χ1v) is 23.5. The van der Waals surface area contributed by atoms with E-state index in [4.69, 9.17) is 9.97 Å². The maximum atomic E-state index is 5.33. The summed E-state index contributed by atoms with van der Waals surface area (Å²) in [6, 6.07) is 60.1. The summed E-state index contributed by atoms with van der Waals surface area (Å²) in [6.07, 6.45) is 16.4. The predicted octanol–water partition coefficient (Wildman–Crippen LogP) is 17.3. The van der Waals surface area contributed by atoms with Crippen LogP contribution in [0.2, 0.25) is 0 Å². The zero-order valence-electron chi connectivity index (χ0n) is 38.3. The van der Waals surface area contributed by atoms with Crippen molar-refractivity contribution in [3.8, 4) is 39.2 Å². The molecule has 3 nitrogen and oxygen atoms in total. The molecular formula is C64H49N3. The molecule has 0 bridgehead atoms. The molecule has 1 aliphatic carbocycles. The SMILES string of the molecule is C/C=C\c1c(C)c(C)c(/C=C\C)n1-c1cccc2c1C=CCC2c1cccc2c(-c3cccc4c(-c5cccc(-c6cnc7c8ccccc8c8ccccc8c7n6)c5)cccc34)cccc12. The lowest BCUT2D eigenvalue weighted by Crippen LogP contribution is -2.11. The van der Waals surface area contributed by atoms with E-state index in [0.29, 0.717) is 0 Å². The number of benzene rings is 9. The van der Waals surface area contributed by atoms with Crippen molar-refractivity contribution in [1.29, 1.82) is 0 Å². The molecule has 2 heterocycles. The first kappa shape index (κ1) is 40.4. The minimum atomic E-state index is 0.212. The van der Waals surface area contributed by atoms with Crippen molar-refractivity contribution in [3.63, 3.8) is 0 Å². The molecule has 1 atom stereocenters. The van der Waals surface area contributed by atoms with Gasteiger partial charge >= 0.3 is 0 Å². The molecule has 320 valence electrons. The van der Waals surface area contributed by atoms with Gasteiger partial charge in [0, 0.05) is 39.2 Å². The second-order valence-corrected chi connectivity index (χ2v) is 17.9. The lowest BCUT2D eigenvalue weighted by molar-refractivity contribution is 0.822. The summed E-state index contributed by atoms with van der Waals surface area (Å²) in [5.41, 5.74) is 18.9. The Labute approximate surface area is 391 Å². The highest BCUT2D eigenvalue weighted by Gasteiger charge is 2.26. The third-order valence-corrected chi connectivity index (χ3v) is 14.3. The third kappa shape index (κ3) is 6.48. The van der Waals surface area contributed by atoms with E-state index in [1.807, 2.05) is 6.20 Å². The molecule has 12 rings (SSSR count). The molecule has 0 spiro atoms. The molecular weight excluding hydrogens is 811 g/mol. The van der Waals surface area contributed by atoms with Crippen molar-refractivity contribution in [1.82, 2.24) is 14.5 Å². The molecule has 9 aromatic carbocycles. The Morgan fingerprint density at radius 3 is 1.70 bits per heavy atom. The summed E-state index contributed by atoms with van der Waals surface area (Å²) in [4.78, 5) is 10.4. The fourth-order valence-corrected chi connectivity index (χ4v) is 11.1. The molecule has 0 aliphatic heterocycles. The molecule has 0 saturated heterocycles. The molecule has 67 heavy (non-hydrogen) atoms. The van der Waals surface area contributed by atoms with E-state index in [1.54, 1.807) is 0 Å². The molecule has 11 aromatic rings. The molecule has 0 fully saturated rings. The van der Waals surface area contributed by atoms with Crippen LogP contribution in [-0.2, 0) is 0 Å². The summed E-state index contributed by atoms with van der Waals surface area (Å²) in [5, 5.41) is 9.66. The van der Waals surface area contributed by atoms with Crippen LogP contribution in [0.5, 0.6) is 0 Å². The summed E-state index contributed by atoms with van der Waals surface area (Å²) >= 11 is 0. The summed E-state index contributed by atoms with van der Waals surface area (Å²) in [7, 11) is 0. The van der Waals surface area contributed by atoms with Crippen molar-refractivity contribution in [3.05, 3.63) is 227 Å². The van der Waals surface area contributed by atoms with Crippen molar-refractivity contribution >= 4 is 72.4 Å². The van der Waals surface area contributed by atoms with E-state index in [1.165, 1.54) is 93.9 Å². The van der Waals surface area contributed by atoms with Gasteiger partial charge in [0.1, 0.15) is 0 Å². The second-order valence-electron chi connectivity index (χ2n) is 17.9. The van der Waals surface area contributed by atoms with Gasteiger partial charge in [0.25, 0.3) is 0 Å². The van der Waals surface area contributed by atoms with Gasteiger partial charge in [-0.3, -0.25) is 4.98 Å². The maximum absolute atomic E-state index is 5.33. The topological polar surface area (TPSA) is 30.7 Å². The fraction of sp³-hybridized carbons (Fsp3) is 0.0938. The van der Waals surface area contributed by atoms with E-state index < -0.39 is 0 Å². The number of nitrogens with zero attached hydrogens (tertiary/aromatic N) is 3. The Balaban J connectivity index is 0.948. The predicted molar refractivity (Wildman–Crippen MR) is 286 cm³/mol. The number of hydrogen-bond acceptors (Lipinski definition) is 2. The van der Waals surface area contributed by atoms with Crippen molar-refractivity contribution < 1.29 is 0 Å². The summed E-state index contributed by atoms with van der Waals surface area (Å²) in [5.74, 6) is 0.212. The van der Waals surface area contributed by atoms with Gasteiger partial charge in [-0.15, -0.1) is 0 Å². The van der Waals surface area contributed by atoms with Crippen LogP contribution < -0.4 is 0 Å². The van der Waals surface area contributed by atoms with E-state index >= 15 is 0 Å². The monoisotopic (exact) mass is 859 g/mol. The zero-order valence-corrected chi connectivity index (χ0v) is 38.3. The quantitative estimate of drug-likeness (QED) is 0.150. The first-order valence-electron chi connectivity index (χ1n) is 23.5. The van der Waals surface area contributed by atoms with E-state index in [9.17, 15) is 0 Å². The van der Waals surface area contributed by atoms with Crippen LogP contribution in [0.1, 0.15) is 65.4 Å². The minimum Gasteiger partial charge on any atom is -0.309 e. The van der Waals surface area contributed by atoms with Crippen LogP contribution in [-0.4, -0.2) is 14.5 Å². The Hall–Kier alpha value is -8.14. The Morgan fingerprint density at radius 1 is 0.493 bits per heavy atom. The number of fused-ring (bicyclic) bond motifs is 9. The van der Waals surface area contributed by atoms with Crippen LogP contribution in [0.15, 0.2) is 188 Å². The zero-order chi connectivity index (χ0) is 45.2. The molecule has 3 heteroatoms. The number of rotatable bonds is 7. The highest BCUT2D eigenvalue weighted by molar-refractivity contribution is 6.23. The van der Waals surface area contributed by atoms with Crippen molar-refractivity contribution in [2.45, 2.75) is 40.0 Å². The van der Waals surface area contributed by atoms with Crippen molar-refractivity contribution in [2.75, 3.05) is 0 Å². The largest absolute Gasteiger partial charge is 0.309 e. The van der Waals surface area contributed by atoms with Gasteiger partial charge in [-0.2, -0.15) is 0 Å². The summed E-state index contributed by atoms with van der Waals surface area (Å²) < 4.78 is 2.46. The van der Waals surface area contributed by atoms with Crippen LogP contribution in [0.3, 0.4) is 0 Å². The van der Waals surface area contributed by atoms with Gasteiger partial charge in [-0.1, -0.05) is 176 Å². The van der Waals surface area contributed by atoms with E-state index in [0.717, 1.165) is 45.0 Å². The average Bonchev–Trinajstić information content (AvgIpc) is 3.61. The Bertz CT molecular complexity index is 3820. The fourth-order valence-electron chi connectivity index (χ4n) is 11.1. The molecule has 0 N–H and O–H groups in total. The van der Waals surface area contributed by atoms with Crippen molar-refractivity contribution in [2.24, 2.45) is 0 Å². The minimum absolute atomic E-state index is 0.212. The Kier molecular flexibility index (Phi) is 9.87. The lowest BCUT2D eigenvalue weighted by Gasteiger charge is -2.27. The standard InChI is InChI=1S/C64H49N3/c1-5-18-60-40(3)41(4)61(19-6-2)67(60)62-37-17-35-53-52(34-16-36-56(53)62)51-33-15-31-49-48(30-14-32-50(49)51)47-29-13-27-45-44(26-12-28-46(45)47)42-20-11-21-43(38-42)59-39-65-63-57-24-9-7-22-54(57)55-23-8-10-25-58(55)64(63)66-59/h5-33,35-39,52H,34H2,1-4H3/b18-5-,19-6-. The normalized spacial score (nSPS) is 13.9. The molecule has 1 aliphatic rings. The highest BCUT2D eigenvalue weighted by Crippen LogP contribution is 2.45. The second kappa shape index (κ2) is 16.4. The van der Waals surface area contributed by atoms with Crippen LogP contribution in [0.25, 0.3) is 112 Å². The van der Waals surface area contributed by atoms with E-state index in [2.05, 4.69) is 233 Å². The van der Waals surface area contributed by atoms with Gasteiger partial charge in [0.2, 0.25) is 0 Å². The smallest absolute Gasteiger partial charge is 0.0979 e. The third-order valence-electron chi connectivity index (χ3n) is 14.3. The van der Waals surface area contributed by atoms with Gasteiger partial charge in [0.05, 0.1) is 28.6 Å². The Morgan fingerprint density at radius 2 is 1.01 bits per heavy atom. The van der Waals surface area contributed by atoms with Gasteiger partial charge in [-0.05, 0) is 135 Å². The maximum Gasteiger partial charge on any atom is 0.0979 e. The first-order chi connectivity index (χ1) is 33.0. The number of allylic oxidation sites excluding steroid dienone is 3. The van der Waals surface area contributed by atoms with Gasteiger partial charge in [0.15, 0.2) is 0 Å². The molecule has 0 radical (unpaired) electrons. The molecule has 0 amide bonds. The van der Waals surface area contributed by atoms with Crippen LogP contribution in [0.4, 0.5) is 0 Å². The molecule has 1 unspecified atom stereocenters. The number of hydrogen-bond donors (Lipinski definition) is 0. The van der Waals surface area contributed by atoms with E-state index in [-0.39, 0.29) is 5.92 Å². The molecule has 0 saturated carbocycles. The number of aromatic nitrogens is 3. The molecule has 2 aromatic heterocycles. The van der Waals surface area contributed by atoms with Crippen LogP contribution in [0, 0.1) is 13.8 Å². The highest BCUT2D eigenvalue weighted by atomic mass is 15.0.